The number of para-hydroxylation sites is 1. The summed E-state index contributed by atoms with van der Waals surface area (Å²) in [6, 6.07) is 9.51. The molecule has 0 aliphatic carbocycles. The largest absolute Gasteiger partial charge is 0.329 e. The highest BCUT2D eigenvalue weighted by Crippen LogP contribution is 2.17. The monoisotopic (exact) mass is 263 g/mol. The minimum Gasteiger partial charge on any atom is -0.329 e. The number of hydrogen-bond donors (Lipinski definition) is 2. The molecule has 1 amide bonds. The van der Waals surface area contributed by atoms with Gasteiger partial charge in [0.05, 0.1) is 6.54 Å². The summed E-state index contributed by atoms with van der Waals surface area (Å²) in [6.45, 7) is 7.99. The predicted molar refractivity (Wildman–Crippen MR) is 80.1 cm³/mol. The van der Waals surface area contributed by atoms with Gasteiger partial charge in [0.15, 0.2) is 0 Å². The SMILES string of the molecule is CCN(CC(=O)Nc1ccccc1)C(C)(CC)CN. The lowest BCUT2D eigenvalue weighted by Crippen LogP contribution is -2.53. The summed E-state index contributed by atoms with van der Waals surface area (Å²) >= 11 is 0. The number of amides is 1. The van der Waals surface area contributed by atoms with Crippen LogP contribution in [0.2, 0.25) is 0 Å². The van der Waals surface area contributed by atoms with Gasteiger partial charge >= 0.3 is 0 Å². The summed E-state index contributed by atoms with van der Waals surface area (Å²) in [5.74, 6) is 0.00109. The van der Waals surface area contributed by atoms with Gasteiger partial charge in [-0.15, -0.1) is 0 Å². The van der Waals surface area contributed by atoms with Crippen LogP contribution in [0.15, 0.2) is 30.3 Å². The van der Waals surface area contributed by atoms with Gasteiger partial charge in [-0.25, -0.2) is 0 Å². The molecule has 0 bridgehead atoms. The van der Waals surface area contributed by atoms with E-state index in [1.807, 2.05) is 30.3 Å². The number of anilines is 1. The number of hydrogen-bond acceptors (Lipinski definition) is 3. The molecule has 1 aromatic carbocycles. The Morgan fingerprint density at radius 1 is 1.32 bits per heavy atom. The molecule has 0 spiro atoms. The molecule has 0 fully saturated rings. The molecule has 0 saturated heterocycles. The minimum atomic E-state index is -0.122. The molecule has 3 N–H and O–H groups in total. The van der Waals surface area contributed by atoms with Gasteiger partial charge in [-0.05, 0) is 32.0 Å². The molecule has 0 saturated carbocycles. The molecule has 0 aliphatic heterocycles. The van der Waals surface area contributed by atoms with E-state index in [1.165, 1.54) is 0 Å². The van der Waals surface area contributed by atoms with Gasteiger partial charge in [-0.3, -0.25) is 9.69 Å². The molecule has 1 unspecified atom stereocenters. The van der Waals surface area contributed by atoms with Gasteiger partial charge in [-0.1, -0.05) is 32.0 Å². The third-order valence-corrected chi connectivity index (χ3v) is 3.74. The molecule has 0 aliphatic rings. The number of benzene rings is 1. The fourth-order valence-electron chi connectivity index (χ4n) is 2.08. The summed E-state index contributed by atoms with van der Waals surface area (Å²) in [4.78, 5) is 14.2. The number of rotatable bonds is 7. The van der Waals surface area contributed by atoms with E-state index in [9.17, 15) is 4.79 Å². The van der Waals surface area contributed by atoms with Crippen molar-refractivity contribution < 1.29 is 4.79 Å². The maximum absolute atomic E-state index is 12.1. The summed E-state index contributed by atoms with van der Waals surface area (Å²) < 4.78 is 0. The van der Waals surface area contributed by atoms with Gasteiger partial charge in [0.25, 0.3) is 0 Å². The highest BCUT2D eigenvalue weighted by Gasteiger charge is 2.28. The number of nitrogens with two attached hydrogens (primary N) is 1. The van der Waals surface area contributed by atoms with Crippen molar-refractivity contribution in [3.05, 3.63) is 30.3 Å². The average molecular weight is 263 g/mol. The molecular formula is C15H25N3O. The second kappa shape index (κ2) is 7.26. The van der Waals surface area contributed by atoms with Gasteiger partial charge in [0, 0.05) is 17.8 Å². The minimum absolute atomic E-state index is 0.00109. The lowest BCUT2D eigenvalue weighted by Gasteiger charge is -2.39. The van der Waals surface area contributed by atoms with E-state index in [0.29, 0.717) is 13.1 Å². The van der Waals surface area contributed by atoms with Crippen molar-refractivity contribution in [1.82, 2.24) is 4.90 Å². The lowest BCUT2D eigenvalue weighted by molar-refractivity contribution is -0.118. The third kappa shape index (κ3) is 4.33. The van der Waals surface area contributed by atoms with Crippen LogP contribution < -0.4 is 11.1 Å². The Morgan fingerprint density at radius 3 is 2.42 bits per heavy atom. The van der Waals surface area contributed by atoms with Crippen LogP contribution in [-0.2, 0) is 4.79 Å². The van der Waals surface area contributed by atoms with Crippen LogP contribution in [0, 0.1) is 0 Å². The summed E-state index contributed by atoms with van der Waals surface area (Å²) in [7, 11) is 0. The molecule has 0 aromatic heterocycles. The topological polar surface area (TPSA) is 58.4 Å². The van der Waals surface area contributed by atoms with Crippen LogP contribution in [0.25, 0.3) is 0 Å². The maximum Gasteiger partial charge on any atom is 0.238 e. The Morgan fingerprint density at radius 2 is 1.95 bits per heavy atom. The van der Waals surface area contributed by atoms with Crippen molar-refractivity contribution in [3.8, 4) is 0 Å². The Hall–Kier alpha value is -1.39. The first-order valence-corrected chi connectivity index (χ1v) is 6.85. The van der Waals surface area contributed by atoms with Crippen LogP contribution in [0.5, 0.6) is 0 Å². The van der Waals surface area contributed by atoms with E-state index >= 15 is 0 Å². The van der Waals surface area contributed by atoms with Crippen molar-refractivity contribution in [2.75, 3.05) is 25.0 Å². The first-order chi connectivity index (χ1) is 9.05. The smallest absolute Gasteiger partial charge is 0.238 e. The van der Waals surface area contributed by atoms with E-state index in [4.69, 9.17) is 5.73 Å². The Bertz CT molecular complexity index is 388. The molecular weight excluding hydrogens is 238 g/mol. The number of carbonyl (C=O) groups is 1. The van der Waals surface area contributed by atoms with Gasteiger partial charge < -0.3 is 11.1 Å². The van der Waals surface area contributed by atoms with E-state index in [0.717, 1.165) is 18.7 Å². The predicted octanol–water partition coefficient (Wildman–Crippen LogP) is 2.07. The van der Waals surface area contributed by atoms with Gasteiger partial charge in [-0.2, -0.15) is 0 Å². The Labute approximate surface area is 116 Å². The van der Waals surface area contributed by atoms with Crippen LogP contribution in [0.4, 0.5) is 5.69 Å². The third-order valence-electron chi connectivity index (χ3n) is 3.74. The highest BCUT2D eigenvalue weighted by molar-refractivity contribution is 5.92. The zero-order valence-electron chi connectivity index (χ0n) is 12.1. The summed E-state index contributed by atoms with van der Waals surface area (Å²) in [5, 5.41) is 2.91. The summed E-state index contributed by atoms with van der Waals surface area (Å²) in [5.41, 5.74) is 6.55. The van der Waals surface area contributed by atoms with Crippen molar-refractivity contribution in [2.45, 2.75) is 32.7 Å². The second-order valence-corrected chi connectivity index (χ2v) is 4.98. The first kappa shape index (κ1) is 15.7. The van der Waals surface area contributed by atoms with E-state index in [2.05, 4.69) is 31.0 Å². The summed E-state index contributed by atoms with van der Waals surface area (Å²) in [6.07, 6.45) is 0.927. The molecule has 4 heteroatoms. The molecule has 1 aromatic rings. The Balaban J connectivity index is 2.64. The number of carbonyl (C=O) groups excluding carboxylic acids is 1. The fraction of sp³-hybridized carbons (Fsp3) is 0.533. The molecule has 4 nitrogen and oxygen atoms in total. The van der Waals surface area contributed by atoms with Crippen LogP contribution >= 0.6 is 0 Å². The zero-order valence-corrected chi connectivity index (χ0v) is 12.1. The normalized spacial score (nSPS) is 14.2. The molecule has 19 heavy (non-hydrogen) atoms. The maximum atomic E-state index is 12.1. The quantitative estimate of drug-likeness (QED) is 0.792. The van der Waals surface area contributed by atoms with Crippen molar-refractivity contribution in [1.29, 1.82) is 0 Å². The number of nitrogens with one attached hydrogen (secondary N) is 1. The molecule has 1 rings (SSSR count). The fourth-order valence-corrected chi connectivity index (χ4v) is 2.08. The standard InChI is InChI=1S/C15H25N3O/c1-4-15(3,12-16)18(5-2)11-14(19)17-13-9-7-6-8-10-13/h6-10H,4-5,11-12,16H2,1-3H3,(H,17,19). The molecule has 1 atom stereocenters. The van der Waals surface area contributed by atoms with Crippen molar-refractivity contribution in [3.63, 3.8) is 0 Å². The highest BCUT2D eigenvalue weighted by atomic mass is 16.2. The van der Waals surface area contributed by atoms with E-state index in [-0.39, 0.29) is 11.4 Å². The van der Waals surface area contributed by atoms with Crippen molar-refractivity contribution >= 4 is 11.6 Å². The lowest BCUT2D eigenvalue weighted by atomic mass is 9.96. The second-order valence-electron chi connectivity index (χ2n) is 4.98. The van der Waals surface area contributed by atoms with E-state index < -0.39 is 0 Å². The Kier molecular flexibility index (Phi) is 5.99. The van der Waals surface area contributed by atoms with E-state index in [1.54, 1.807) is 0 Å². The van der Waals surface area contributed by atoms with Crippen LogP contribution in [-0.4, -0.2) is 36.0 Å². The van der Waals surface area contributed by atoms with Gasteiger partial charge in [0.1, 0.15) is 0 Å². The molecule has 0 heterocycles. The first-order valence-electron chi connectivity index (χ1n) is 6.85. The van der Waals surface area contributed by atoms with Crippen molar-refractivity contribution in [2.24, 2.45) is 5.73 Å². The number of likely N-dealkylation sites (N-methyl/N-ethyl adjacent to an activating group) is 1. The van der Waals surface area contributed by atoms with Crippen LogP contribution in [0.1, 0.15) is 27.2 Å². The molecule has 106 valence electrons. The number of nitrogens with zero attached hydrogens (tertiary/aromatic N) is 1. The molecule has 0 radical (unpaired) electrons. The van der Waals surface area contributed by atoms with Gasteiger partial charge in [0.2, 0.25) is 5.91 Å². The zero-order chi connectivity index (χ0) is 14.3. The van der Waals surface area contributed by atoms with Crippen LogP contribution in [0.3, 0.4) is 0 Å². The average Bonchev–Trinajstić information content (AvgIpc) is 2.45.